The van der Waals surface area contributed by atoms with E-state index in [4.69, 9.17) is 5.73 Å². The summed E-state index contributed by atoms with van der Waals surface area (Å²) in [6.45, 7) is 0. The van der Waals surface area contributed by atoms with Gasteiger partial charge in [-0.25, -0.2) is 8.78 Å². The van der Waals surface area contributed by atoms with E-state index in [2.05, 4.69) is 0 Å². The fourth-order valence-corrected chi connectivity index (χ4v) is 3.78. The highest BCUT2D eigenvalue weighted by atomic mass is 19.2. The van der Waals surface area contributed by atoms with Crippen molar-refractivity contribution >= 4 is 5.91 Å². The molecule has 120 valence electrons. The Balaban J connectivity index is 1.92. The zero-order valence-corrected chi connectivity index (χ0v) is 12.8. The summed E-state index contributed by atoms with van der Waals surface area (Å²) in [4.78, 5) is 11.7. The van der Waals surface area contributed by atoms with Crippen LogP contribution >= 0.6 is 0 Å². The minimum Gasteiger partial charge on any atom is -0.369 e. The summed E-state index contributed by atoms with van der Waals surface area (Å²) >= 11 is 0. The molecule has 0 spiro atoms. The standard InChI is InChI=1S/C20H15F2NO/c21-17-9-4-10-20(22,18(17)19(23)24)16-8-3-7-14-13-6-2-1-5-12(13)11-15(14)16/h1-10,18H,11H2,(H2,23,24). The van der Waals surface area contributed by atoms with E-state index in [1.54, 1.807) is 12.1 Å². The SMILES string of the molecule is NC(=O)C1C(F)=CC=CC1(F)c1cccc2c1Cc1ccccc1-2. The summed E-state index contributed by atoms with van der Waals surface area (Å²) in [5, 5.41) is 0. The number of carbonyl (C=O) groups excluding carboxylic acids is 1. The van der Waals surface area contributed by atoms with Crippen molar-refractivity contribution in [3.05, 3.63) is 83.2 Å². The molecule has 2 atom stereocenters. The number of allylic oxidation sites excluding steroid dienone is 3. The Morgan fingerprint density at radius 2 is 1.88 bits per heavy atom. The third kappa shape index (κ3) is 1.96. The molecule has 0 radical (unpaired) electrons. The molecule has 0 aromatic heterocycles. The third-order valence-corrected chi connectivity index (χ3v) is 4.84. The maximum atomic E-state index is 15.9. The number of fused-ring (bicyclic) bond motifs is 3. The molecular formula is C20H15F2NO. The minimum atomic E-state index is -2.28. The first-order chi connectivity index (χ1) is 11.5. The smallest absolute Gasteiger partial charge is 0.231 e. The normalized spacial score (nSPS) is 24.2. The summed E-state index contributed by atoms with van der Waals surface area (Å²) in [6.07, 6.45) is 4.17. The average Bonchev–Trinajstić information content (AvgIpc) is 2.92. The highest BCUT2D eigenvalue weighted by Crippen LogP contribution is 2.48. The molecular weight excluding hydrogens is 308 g/mol. The Hall–Kier alpha value is -2.75. The molecule has 2 aliphatic carbocycles. The van der Waals surface area contributed by atoms with Crippen LogP contribution in [-0.4, -0.2) is 5.91 Å². The maximum Gasteiger partial charge on any atom is 0.231 e. The number of hydrogen-bond donors (Lipinski definition) is 1. The van der Waals surface area contributed by atoms with E-state index in [1.807, 2.05) is 30.3 Å². The molecule has 2 unspecified atom stereocenters. The Labute approximate surface area is 138 Å². The second kappa shape index (κ2) is 5.13. The third-order valence-electron chi connectivity index (χ3n) is 4.84. The topological polar surface area (TPSA) is 43.1 Å². The van der Waals surface area contributed by atoms with Crippen molar-refractivity contribution in [2.24, 2.45) is 11.7 Å². The summed E-state index contributed by atoms with van der Waals surface area (Å²) in [5.74, 6) is -3.50. The lowest BCUT2D eigenvalue weighted by Crippen LogP contribution is -2.40. The molecule has 0 heterocycles. The molecule has 0 bridgehead atoms. The lowest BCUT2D eigenvalue weighted by molar-refractivity contribution is -0.125. The van der Waals surface area contributed by atoms with Crippen LogP contribution < -0.4 is 5.73 Å². The van der Waals surface area contributed by atoms with E-state index in [9.17, 15) is 9.18 Å². The van der Waals surface area contributed by atoms with Gasteiger partial charge in [0.05, 0.1) is 0 Å². The first-order valence-electron chi connectivity index (χ1n) is 7.76. The van der Waals surface area contributed by atoms with Crippen LogP contribution in [0.5, 0.6) is 0 Å². The highest BCUT2D eigenvalue weighted by molar-refractivity contribution is 5.84. The number of nitrogens with two attached hydrogens (primary N) is 1. The lowest BCUT2D eigenvalue weighted by Gasteiger charge is -2.32. The zero-order chi connectivity index (χ0) is 16.9. The van der Waals surface area contributed by atoms with Gasteiger partial charge in [0.2, 0.25) is 5.91 Å². The zero-order valence-electron chi connectivity index (χ0n) is 12.8. The molecule has 0 aliphatic heterocycles. The van der Waals surface area contributed by atoms with Gasteiger partial charge in [0.25, 0.3) is 0 Å². The summed E-state index contributed by atoms with van der Waals surface area (Å²) in [7, 11) is 0. The Morgan fingerprint density at radius 1 is 1.12 bits per heavy atom. The Morgan fingerprint density at radius 3 is 2.67 bits per heavy atom. The lowest BCUT2D eigenvalue weighted by atomic mass is 9.76. The van der Waals surface area contributed by atoms with Crippen molar-refractivity contribution < 1.29 is 13.6 Å². The van der Waals surface area contributed by atoms with Crippen molar-refractivity contribution in [3.63, 3.8) is 0 Å². The largest absolute Gasteiger partial charge is 0.369 e. The van der Waals surface area contributed by atoms with Gasteiger partial charge < -0.3 is 5.73 Å². The Kier molecular flexibility index (Phi) is 3.17. The maximum absolute atomic E-state index is 15.9. The van der Waals surface area contributed by atoms with E-state index in [1.165, 1.54) is 12.2 Å². The average molecular weight is 323 g/mol. The van der Waals surface area contributed by atoms with Gasteiger partial charge >= 0.3 is 0 Å². The van der Waals surface area contributed by atoms with Crippen LogP contribution in [0.4, 0.5) is 8.78 Å². The molecule has 4 heteroatoms. The summed E-state index contributed by atoms with van der Waals surface area (Å²) in [5.41, 5.74) is 7.18. The van der Waals surface area contributed by atoms with Crippen LogP contribution in [0.3, 0.4) is 0 Å². The molecule has 0 saturated heterocycles. The van der Waals surface area contributed by atoms with Crippen LogP contribution in [0.15, 0.2) is 66.5 Å². The van der Waals surface area contributed by atoms with Gasteiger partial charge in [0, 0.05) is 0 Å². The van der Waals surface area contributed by atoms with E-state index >= 15 is 4.39 Å². The number of primary amides is 1. The van der Waals surface area contributed by atoms with Crippen LogP contribution in [0.1, 0.15) is 16.7 Å². The fraction of sp³-hybridized carbons (Fsp3) is 0.150. The van der Waals surface area contributed by atoms with Gasteiger partial charge in [0.1, 0.15) is 11.7 Å². The van der Waals surface area contributed by atoms with Gasteiger partial charge in [-0.05, 0) is 46.4 Å². The highest BCUT2D eigenvalue weighted by Gasteiger charge is 2.48. The molecule has 0 fully saturated rings. The van der Waals surface area contributed by atoms with Gasteiger partial charge in [0.15, 0.2) is 5.67 Å². The van der Waals surface area contributed by atoms with E-state index in [0.717, 1.165) is 28.3 Å². The van der Waals surface area contributed by atoms with Crippen LogP contribution in [0, 0.1) is 5.92 Å². The molecule has 2 aromatic carbocycles. The summed E-state index contributed by atoms with van der Waals surface area (Å²) < 4.78 is 30.0. The quantitative estimate of drug-likeness (QED) is 0.762. The van der Waals surface area contributed by atoms with Gasteiger partial charge in [-0.1, -0.05) is 48.5 Å². The van der Waals surface area contributed by atoms with Crippen molar-refractivity contribution in [2.75, 3.05) is 0 Å². The molecule has 4 rings (SSSR count). The van der Waals surface area contributed by atoms with Crippen LogP contribution in [0.25, 0.3) is 11.1 Å². The first kappa shape index (κ1) is 14.8. The fourth-order valence-electron chi connectivity index (χ4n) is 3.78. The van der Waals surface area contributed by atoms with E-state index in [-0.39, 0.29) is 0 Å². The number of alkyl halides is 1. The van der Waals surface area contributed by atoms with Gasteiger partial charge in [-0.3, -0.25) is 4.79 Å². The molecule has 24 heavy (non-hydrogen) atoms. The summed E-state index contributed by atoms with van der Waals surface area (Å²) in [6, 6.07) is 13.1. The second-order valence-electron chi connectivity index (χ2n) is 6.18. The molecule has 0 saturated carbocycles. The Bertz CT molecular complexity index is 916. The van der Waals surface area contributed by atoms with E-state index < -0.39 is 23.3 Å². The number of rotatable bonds is 2. The molecule has 1 amide bonds. The number of amides is 1. The first-order valence-corrected chi connectivity index (χ1v) is 7.76. The van der Waals surface area contributed by atoms with Crippen molar-refractivity contribution in [3.8, 4) is 11.1 Å². The predicted octanol–water partition coefficient (Wildman–Crippen LogP) is 3.95. The molecule has 2 nitrogen and oxygen atoms in total. The van der Waals surface area contributed by atoms with Crippen LogP contribution in [0.2, 0.25) is 0 Å². The van der Waals surface area contributed by atoms with Gasteiger partial charge in [-0.15, -0.1) is 0 Å². The van der Waals surface area contributed by atoms with Crippen molar-refractivity contribution in [1.82, 2.24) is 0 Å². The van der Waals surface area contributed by atoms with E-state index in [0.29, 0.717) is 12.0 Å². The van der Waals surface area contributed by atoms with Gasteiger partial charge in [-0.2, -0.15) is 0 Å². The number of carbonyl (C=O) groups is 1. The number of benzene rings is 2. The number of hydrogen-bond acceptors (Lipinski definition) is 1. The molecule has 2 aliphatic rings. The molecule has 2 aromatic rings. The monoisotopic (exact) mass is 323 g/mol. The number of halogens is 2. The van der Waals surface area contributed by atoms with Crippen LogP contribution in [-0.2, 0) is 16.9 Å². The minimum absolute atomic E-state index is 0.305. The van der Waals surface area contributed by atoms with Crippen molar-refractivity contribution in [1.29, 1.82) is 0 Å². The van der Waals surface area contributed by atoms with Crippen molar-refractivity contribution in [2.45, 2.75) is 12.1 Å². The second-order valence-corrected chi connectivity index (χ2v) is 6.18. The molecule has 2 N–H and O–H groups in total. The predicted molar refractivity (Wildman–Crippen MR) is 88.5 cm³/mol.